The van der Waals surface area contributed by atoms with Crippen molar-refractivity contribution in [3.05, 3.63) is 134 Å². The summed E-state index contributed by atoms with van der Waals surface area (Å²) in [5, 5.41) is 19.3. The van der Waals surface area contributed by atoms with Crippen molar-refractivity contribution >= 4 is 74.9 Å². The molecule has 9 heterocycles. The molecule has 2 unspecified atom stereocenters. The molecule has 3 aliphatic rings. The van der Waals surface area contributed by atoms with Gasteiger partial charge in [-0.2, -0.15) is 10.5 Å². The Bertz CT molecular complexity index is 4390. The fourth-order valence-electron chi connectivity index (χ4n) is 11.8. The zero-order chi connectivity index (χ0) is 69.0. The van der Waals surface area contributed by atoms with Crippen LogP contribution in [0.5, 0.6) is 11.5 Å². The van der Waals surface area contributed by atoms with Crippen molar-refractivity contribution in [2.75, 3.05) is 64.5 Å². The molecule has 12 rings (SSSR count). The molecule has 0 bridgehead atoms. The topological polar surface area (TPSA) is 411 Å². The molecule has 98 heavy (non-hydrogen) atoms. The quantitative estimate of drug-likeness (QED) is 0.0170. The number of rotatable bonds is 29. The highest BCUT2D eigenvalue weighted by Gasteiger charge is 2.51. The van der Waals surface area contributed by atoms with Gasteiger partial charge in [-0.25, -0.2) is 54.0 Å². The second-order valence-electron chi connectivity index (χ2n) is 24.8. The first-order chi connectivity index (χ1) is 47.2. The summed E-state index contributed by atoms with van der Waals surface area (Å²) in [6.45, 7) is 8.42. The van der Waals surface area contributed by atoms with Crippen LogP contribution in [0.4, 0.5) is 17.5 Å². The van der Waals surface area contributed by atoms with E-state index >= 15 is 9.13 Å². The molecule has 0 saturated carbocycles. The SMILES string of the molecule is COc1ccc(C(OC[C@H]2O[C@@H](n3cnc4c(N)ncnc43)C[C@@H]2OP(=O)(OCCC#N)OC[C@H]2O[C@@H](n3cnc4c(N)ncnc43)C[C@@H]2OP(=O)(OCCC#N)OC[C@H]2O[C@@H](n3cnc4c(N)ncnc43)C[C@@H]2O[Si](C)(C)C(C)(C)C)(c2ccccc2)c2ccc(OC)cc2)cc1. The molecule has 3 fully saturated rings. The molecule has 3 aromatic carbocycles. The molecule has 0 radical (unpaired) electrons. The number of nitriles is 2. The van der Waals surface area contributed by atoms with Gasteiger partial charge in [0.05, 0.1) is 97.3 Å². The normalized spacial score (nSPS) is 22.6. The molecule has 3 aliphatic heterocycles. The van der Waals surface area contributed by atoms with Crippen LogP contribution in [-0.2, 0) is 65.2 Å². The summed E-state index contributed by atoms with van der Waals surface area (Å²) in [7, 11) is -9.13. The van der Waals surface area contributed by atoms with Crippen molar-refractivity contribution in [2.24, 2.45) is 0 Å². The van der Waals surface area contributed by atoms with E-state index in [9.17, 15) is 10.5 Å². The number of phosphoric ester groups is 2. The number of nitrogen functional groups attached to an aromatic ring is 3. The minimum Gasteiger partial charge on any atom is -0.497 e. The Morgan fingerprint density at radius 3 is 1.30 bits per heavy atom. The van der Waals surface area contributed by atoms with Gasteiger partial charge in [0.15, 0.2) is 42.7 Å². The van der Waals surface area contributed by atoms with Crippen molar-refractivity contribution in [1.29, 1.82) is 10.5 Å². The van der Waals surface area contributed by atoms with E-state index in [-0.39, 0.29) is 72.6 Å². The molecule has 0 spiro atoms. The van der Waals surface area contributed by atoms with Crippen LogP contribution in [0.2, 0.25) is 18.1 Å². The summed E-state index contributed by atoms with van der Waals surface area (Å²) in [6, 6.07) is 28.6. The highest BCUT2D eigenvalue weighted by atomic mass is 31.2. The smallest absolute Gasteiger partial charge is 0.475 e. The highest BCUT2D eigenvalue weighted by molar-refractivity contribution is 7.48. The molecule has 3 saturated heterocycles. The van der Waals surface area contributed by atoms with Crippen LogP contribution in [0.3, 0.4) is 0 Å². The molecule has 9 aromatic rings. The monoisotopic (exact) mass is 1400 g/mol. The van der Waals surface area contributed by atoms with Gasteiger partial charge in [0.1, 0.15) is 102 Å². The molecule has 6 aromatic heterocycles. The van der Waals surface area contributed by atoms with Crippen LogP contribution >= 0.6 is 15.6 Å². The number of nitrogens with two attached hydrogens (primary N) is 3. The Hall–Kier alpha value is -8.47. The lowest BCUT2D eigenvalue weighted by molar-refractivity contribution is -0.0948. The maximum absolute atomic E-state index is 15.8. The van der Waals surface area contributed by atoms with E-state index in [1.54, 1.807) is 34.2 Å². The number of methoxy groups -OCH3 is 2. The first-order valence-electron chi connectivity index (χ1n) is 31.5. The van der Waals surface area contributed by atoms with Crippen LogP contribution in [-0.4, -0.2) is 151 Å². The van der Waals surface area contributed by atoms with E-state index in [0.29, 0.717) is 51.4 Å². The standard InChI is InChI=1S/C63H75N17O15P2Si/c1-62(2,3)98(6,7)95-46-29-52(80-38-77-55-58(68)71-35-74-61(55)80)92-49(46)32-89-97(82,87-26-12-24-65)94-45-28-51(79-37-76-54-57(67)70-34-73-60(54)79)91-48(45)31-88-96(81,86-25-11-23-64)93-44-27-50(78-36-75-53-56(66)69-33-72-59(53)78)90-47(44)30-85-63(39-13-9-8-10-14-39,40-15-19-42(83-4)20-16-40)41-17-21-43(84-5)22-18-41/h8-10,13-22,33-38,44-52H,11-12,25-32H2,1-7H3,(H2,66,69,72)(H2,67,70,73)(H2,68,71,74)/t44-,45-,46-,47+,48+,49+,50+,51+,52+,96?,97?/m0/s1. The van der Waals surface area contributed by atoms with E-state index < -0.39 is 105 Å². The second kappa shape index (κ2) is 29.2. The summed E-state index contributed by atoms with van der Waals surface area (Å²) in [5.74, 6) is 1.62. The number of nitrogens with zero attached hydrogens (tertiary/aromatic N) is 14. The third kappa shape index (κ3) is 14.5. The van der Waals surface area contributed by atoms with Crippen molar-refractivity contribution < 1.29 is 69.1 Å². The van der Waals surface area contributed by atoms with Crippen molar-refractivity contribution in [3.63, 3.8) is 0 Å². The van der Waals surface area contributed by atoms with Gasteiger partial charge >= 0.3 is 15.6 Å². The lowest BCUT2D eigenvalue weighted by atomic mass is 9.80. The Kier molecular flexibility index (Phi) is 20.7. The van der Waals surface area contributed by atoms with Crippen LogP contribution in [0.1, 0.15) is 88.2 Å². The highest BCUT2D eigenvalue weighted by Crippen LogP contribution is 2.57. The minimum atomic E-state index is -4.93. The number of phosphoric acid groups is 2. The van der Waals surface area contributed by atoms with Gasteiger partial charge in [-0.05, 0) is 59.1 Å². The number of hydrogen-bond acceptors (Lipinski definition) is 29. The Balaban J connectivity index is 0.869. The molecule has 32 nitrogen and oxygen atoms in total. The van der Waals surface area contributed by atoms with E-state index in [0.717, 1.165) is 5.56 Å². The maximum atomic E-state index is 15.8. The van der Waals surface area contributed by atoms with Gasteiger partial charge in [-0.3, -0.25) is 40.8 Å². The van der Waals surface area contributed by atoms with E-state index in [2.05, 4.69) is 78.7 Å². The predicted octanol–water partition coefficient (Wildman–Crippen LogP) is 9.41. The molecule has 6 N–H and O–H groups in total. The summed E-state index contributed by atoms with van der Waals surface area (Å²) < 4.78 is 120. The molecule has 35 heteroatoms. The van der Waals surface area contributed by atoms with Gasteiger partial charge in [-0.1, -0.05) is 75.4 Å². The lowest BCUT2D eigenvalue weighted by Gasteiger charge is -2.39. The van der Waals surface area contributed by atoms with Crippen molar-refractivity contribution in [2.45, 2.75) is 132 Å². The number of benzene rings is 3. The lowest BCUT2D eigenvalue weighted by Crippen LogP contribution is -2.46. The van der Waals surface area contributed by atoms with Gasteiger partial charge in [0, 0.05) is 19.3 Å². The average Bonchev–Trinajstić information content (AvgIpc) is 1.26. The number of imidazole rings is 3. The number of aromatic nitrogens is 12. The van der Waals surface area contributed by atoms with Gasteiger partial charge in [0.25, 0.3) is 0 Å². The maximum Gasteiger partial charge on any atom is 0.475 e. The number of anilines is 3. The largest absolute Gasteiger partial charge is 0.497 e. The first-order valence-corrected chi connectivity index (χ1v) is 37.3. The second-order valence-corrected chi connectivity index (χ2v) is 32.8. The number of fused-ring (bicyclic) bond motifs is 3. The summed E-state index contributed by atoms with van der Waals surface area (Å²) in [4.78, 5) is 39.1. The Morgan fingerprint density at radius 2 is 0.908 bits per heavy atom. The third-order valence-corrected chi connectivity index (χ3v) is 25.3. The third-order valence-electron chi connectivity index (χ3n) is 17.8. The molecule has 0 aliphatic carbocycles. The summed E-state index contributed by atoms with van der Waals surface area (Å²) in [5.41, 5.74) is 21.5. The zero-order valence-corrected chi connectivity index (χ0v) is 57.5. The molecular weight excluding hydrogens is 1320 g/mol. The summed E-state index contributed by atoms with van der Waals surface area (Å²) in [6.07, 6.45) is -0.964. The summed E-state index contributed by atoms with van der Waals surface area (Å²) >= 11 is 0. The molecular formula is C63H75N17O15P2Si. The van der Waals surface area contributed by atoms with Crippen LogP contribution < -0.4 is 26.7 Å². The number of ether oxygens (including phenoxy) is 6. The molecule has 11 atom stereocenters. The van der Waals surface area contributed by atoms with E-state index in [4.69, 9.17) is 77.2 Å². The van der Waals surface area contributed by atoms with Gasteiger partial charge < -0.3 is 50.0 Å². The van der Waals surface area contributed by atoms with Crippen LogP contribution in [0.25, 0.3) is 33.5 Å². The van der Waals surface area contributed by atoms with Crippen LogP contribution in [0, 0.1) is 22.7 Å². The van der Waals surface area contributed by atoms with Crippen molar-refractivity contribution in [1.82, 2.24) is 58.6 Å². The van der Waals surface area contributed by atoms with Crippen molar-refractivity contribution in [3.8, 4) is 23.6 Å². The van der Waals surface area contributed by atoms with E-state index in [1.165, 1.54) is 31.6 Å². The fourth-order valence-corrected chi connectivity index (χ4v) is 15.9. The average molecular weight is 1400 g/mol. The predicted molar refractivity (Wildman–Crippen MR) is 354 cm³/mol. The van der Waals surface area contributed by atoms with Gasteiger partial charge in [-0.15, -0.1) is 0 Å². The van der Waals surface area contributed by atoms with Gasteiger partial charge in [0.2, 0.25) is 0 Å². The zero-order valence-electron chi connectivity index (χ0n) is 54.7. The Morgan fingerprint density at radius 1 is 0.531 bits per heavy atom. The Labute approximate surface area is 564 Å². The molecule has 516 valence electrons. The fraction of sp³-hybridized carbons (Fsp3) is 0.444. The van der Waals surface area contributed by atoms with Crippen LogP contribution in [0.15, 0.2) is 117 Å². The number of hydrogen-bond donors (Lipinski definition) is 3. The molecule has 0 amide bonds. The first kappa shape index (κ1) is 69.4. The minimum absolute atomic E-state index is 0.0378. The van der Waals surface area contributed by atoms with E-state index in [1.807, 2.05) is 91.0 Å².